The zero-order chi connectivity index (χ0) is 13.9. The molecule has 104 valence electrons. The minimum absolute atomic E-state index is 0.111. The van der Waals surface area contributed by atoms with Crippen LogP contribution in [0.5, 0.6) is 5.75 Å². The fourth-order valence-electron chi connectivity index (χ4n) is 2.77. The van der Waals surface area contributed by atoms with Crippen LogP contribution in [0, 0.1) is 0 Å². The maximum absolute atomic E-state index is 11.8. The van der Waals surface area contributed by atoms with Gasteiger partial charge in [0.05, 0.1) is 0 Å². The van der Waals surface area contributed by atoms with Crippen LogP contribution in [-0.4, -0.2) is 34.2 Å². The van der Waals surface area contributed by atoms with Crippen molar-refractivity contribution in [3.05, 3.63) is 29.8 Å². The molecule has 1 aromatic rings. The number of carboxylic acids is 1. The lowest BCUT2D eigenvalue weighted by atomic mass is 9.89. The molecule has 0 saturated carbocycles. The van der Waals surface area contributed by atoms with E-state index in [0.29, 0.717) is 5.56 Å². The zero-order valence-electron chi connectivity index (χ0n) is 11.3. The second-order valence-electron chi connectivity index (χ2n) is 5.33. The fourth-order valence-corrected chi connectivity index (χ4v) is 2.77. The van der Waals surface area contributed by atoms with Crippen molar-refractivity contribution in [1.29, 1.82) is 0 Å². The van der Waals surface area contributed by atoms with Gasteiger partial charge in [0.1, 0.15) is 11.3 Å². The Balaban J connectivity index is 2.38. The number of aromatic hydroxyl groups is 1. The Labute approximate surface area is 113 Å². The Hall–Kier alpha value is -1.55. The van der Waals surface area contributed by atoms with Crippen molar-refractivity contribution >= 4 is 5.97 Å². The van der Waals surface area contributed by atoms with E-state index >= 15 is 0 Å². The van der Waals surface area contributed by atoms with Gasteiger partial charge >= 0.3 is 5.97 Å². The van der Waals surface area contributed by atoms with E-state index in [0.717, 1.165) is 38.8 Å². The summed E-state index contributed by atoms with van der Waals surface area (Å²) in [6.45, 7) is 3.31. The Morgan fingerprint density at radius 1 is 1.21 bits per heavy atom. The summed E-state index contributed by atoms with van der Waals surface area (Å²) in [5, 5.41) is 19.3. The van der Waals surface area contributed by atoms with Gasteiger partial charge in [-0.2, -0.15) is 0 Å². The van der Waals surface area contributed by atoms with Crippen LogP contribution >= 0.6 is 0 Å². The number of likely N-dealkylation sites (tertiary alicyclic amines) is 1. The standard InChI is InChI=1S/C15H21NO3/c1-15(14(18)19,12-7-6-8-13(17)11-12)16-9-4-2-3-5-10-16/h6-8,11,17H,2-5,9-10H2,1H3,(H,18,19). The average Bonchev–Trinajstić information content (AvgIpc) is 2.66. The molecule has 2 N–H and O–H groups in total. The van der Waals surface area contributed by atoms with Crippen LogP contribution in [0.4, 0.5) is 0 Å². The highest BCUT2D eigenvalue weighted by atomic mass is 16.4. The van der Waals surface area contributed by atoms with Crippen molar-refractivity contribution in [2.75, 3.05) is 13.1 Å². The SMILES string of the molecule is CC(C(=O)O)(c1cccc(O)c1)N1CCCCCC1. The first-order valence-corrected chi connectivity index (χ1v) is 6.83. The number of hydrogen-bond acceptors (Lipinski definition) is 3. The summed E-state index contributed by atoms with van der Waals surface area (Å²) in [4.78, 5) is 13.8. The second kappa shape index (κ2) is 5.61. The largest absolute Gasteiger partial charge is 0.508 e. The zero-order valence-corrected chi connectivity index (χ0v) is 11.3. The van der Waals surface area contributed by atoms with Gasteiger partial charge in [0.25, 0.3) is 0 Å². The highest BCUT2D eigenvalue weighted by molar-refractivity contribution is 5.80. The smallest absolute Gasteiger partial charge is 0.328 e. The van der Waals surface area contributed by atoms with E-state index in [1.807, 2.05) is 4.90 Å². The minimum Gasteiger partial charge on any atom is -0.508 e. The molecule has 1 atom stereocenters. The summed E-state index contributed by atoms with van der Waals surface area (Å²) < 4.78 is 0. The molecular weight excluding hydrogens is 242 g/mol. The van der Waals surface area contributed by atoms with Gasteiger partial charge in [-0.05, 0) is 50.6 Å². The third-order valence-electron chi connectivity index (χ3n) is 4.06. The van der Waals surface area contributed by atoms with E-state index in [1.165, 1.54) is 0 Å². The monoisotopic (exact) mass is 263 g/mol. The van der Waals surface area contributed by atoms with Gasteiger partial charge in [-0.15, -0.1) is 0 Å². The van der Waals surface area contributed by atoms with Crippen molar-refractivity contribution < 1.29 is 15.0 Å². The van der Waals surface area contributed by atoms with E-state index in [2.05, 4.69) is 0 Å². The Bertz CT molecular complexity index is 452. The first-order valence-electron chi connectivity index (χ1n) is 6.83. The molecule has 0 bridgehead atoms. The third-order valence-corrected chi connectivity index (χ3v) is 4.06. The Morgan fingerprint density at radius 3 is 2.37 bits per heavy atom. The van der Waals surface area contributed by atoms with E-state index in [-0.39, 0.29) is 5.75 Å². The number of carboxylic acid groups (broad SMARTS) is 1. The molecule has 0 aromatic heterocycles. The van der Waals surface area contributed by atoms with E-state index in [4.69, 9.17) is 0 Å². The van der Waals surface area contributed by atoms with Crippen LogP contribution in [0.15, 0.2) is 24.3 Å². The summed E-state index contributed by atoms with van der Waals surface area (Å²) in [6.07, 6.45) is 4.38. The number of carbonyl (C=O) groups is 1. The topological polar surface area (TPSA) is 60.8 Å². The average molecular weight is 263 g/mol. The highest BCUT2D eigenvalue weighted by Gasteiger charge is 2.41. The molecule has 1 fully saturated rings. The normalized spacial score (nSPS) is 20.5. The molecular formula is C15H21NO3. The molecule has 0 spiro atoms. The maximum Gasteiger partial charge on any atom is 0.328 e. The number of aliphatic carboxylic acids is 1. The molecule has 1 aliphatic heterocycles. The van der Waals surface area contributed by atoms with Crippen LogP contribution in [0.2, 0.25) is 0 Å². The number of phenols is 1. The second-order valence-corrected chi connectivity index (χ2v) is 5.33. The first-order chi connectivity index (χ1) is 9.05. The van der Waals surface area contributed by atoms with Crippen molar-refractivity contribution in [3.8, 4) is 5.75 Å². The molecule has 2 rings (SSSR count). The summed E-state index contributed by atoms with van der Waals surface area (Å²) >= 11 is 0. The van der Waals surface area contributed by atoms with Gasteiger partial charge in [0.15, 0.2) is 0 Å². The lowest BCUT2D eigenvalue weighted by Crippen LogP contribution is -2.50. The molecule has 0 aliphatic carbocycles. The fraction of sp³-hybridized carbons (Fsp3) is 0.533. The van der Waals surface area contributed by atoms with Crippen LogP contribution in [0.3, 0.4) is 0 Å². The molecule has 1 saturated heterocycles. The molecule has 1 aliphatic rings. The van der Waals surface area contributed by atoms with Gasteiger partial charge in [-0.25, -0.2) is 4.79 Å². The van der Waals surface area contributed by atoms with Crippen LogP contribution < -0.4 is 0 Å². The van der Waals surface area contributed by atoms with E-state index in [9.17, 15) is 15.0 Å². The van der Waals surface area contributed by atoms with E-state index in [1.54, 1.807) is 31.2 Å². The number of rotatable bonds is 3. The molecule has 1 aromatic carbocycles. The lowest BCUT2D eigenvalue weighted by molar-refractivity contribution is -0.151. The van der Waals surface area contributed by atoms with Crippen LogP contribution in [-0.2, 0) is 10.3 Å². The lowest BCUT2D eigenvalue weighted by Gasteiger charge is -2.37. The third kappa shape index (κ3) is 2.73. The number of hydrogen-bond donors (Lipinski definition) is 2. The molecule has 4 heteroatoms. The van der Waals surface area contributed by atoms with Crippen molar-refractivity contribution in [1.82, 2.24) is 4.90 Å². The van der Waals surface area contributed by atoms with E-state index < -0.39 is 11.5 Å². The molecule has 0 radical (unpaired) electrons. The van der Waals surface area contributed by atoms with Crippen molar-refractivity contribution in [2.45, 2.75) is 38.1 Å². The number of nitrogens with zero attached hydrogens (tertiary/aromatic N) is 1. The van der Waals surface area contributed by atoms with Crippen molar-refractivity contribution in [3.63, 3.8) is 0 Å². The van der Waals surface area contributed by atoms with Gasteiger partial charge in [0.2, 0.25) is 0 Å². The summed E-state index contributed by atoms with van der Waals surface area (Å²) in [5.74, 6) is -0.750. The summed E-state index contributed by atoms with van der Waals surface area (Å²) in [6, 6.07) is 6.59. The van der Waals surface area contributed by atoms with Gasteiger partial charge in [0, 0.05) is 0 Å². The van der Waals surface area contributed by atoms with Gasteiger partial charge in [-0.1, -0.05) is 25.0 Å². The van der Waals surface area contributed by atoms with Gasteiger partial charge in [-0.3, -0.25) is 4.90 Å². The quantitative estimate of drug-likeness (QED) is 0.880. The number of phenolic OH excluding ortho intramolecular Hbond substituents is 1. The summed E-state index contributed by atoms with van der Waals surface area (Å²) in [5.41, 5.74) is -0.426. The molecule has 1 heterocycles. The molecule has 1 unspecified atom stereocenters. The first kappa shape index (κ1) is 13.9. The van der Waals surface area contributed by atoms with Gasteiger partial charge < -0.3 is 10.2 Å². The maximum atomic E-state index is 11.8. The minimum atomic E-state index is -1.07. The molecule has 4 nitrogen and oxygen atoms in total. The Kier molecular flexibility index (Phi) is 4.10. The molecule has 0 amide bonds. The highest BCUT2D eigenvalue weighted by Crippen LogP contribution is 2.32. The van der Waals surface area contributed by atoms with Crippen molar-refractivity contribution in [2.24, 2.45) is 0 Å². The molecule has 19 heavy (non-hydrogen) atoms. The number of benzene rings is 1. The predicted octanol–water partition coefficient (Wildman–Crippen LogP) is 2.57. The van der Waals surface area contributed by atoms with Crippen LogP contribution in [0.25, 0.3) is 0 Å². The summed E-state index contributed by atoms with van der Waals surface area (Å²) in [7, 11) is 0. The Morgan fingerprint density at radius 2 is 1.84 bits per heavy atom. The van der Waals surface area contributed by atoms with Crippen LogP contribution in [0.1, 0.15) is 38.2 Å². The predicted molar refractivity (Wildman–Crippen MR) is 73.1 cm³/mol.